The van der Waals surface area contributed by atoms with Crippen LogP contribution in [0.25, 0.3) is 11.5 Å². The molecular formula is C21H23FN2O3. The number of nitrogens with zero attached hydrogens (tertiary/aromatic N) is 2. The van der Waals surface area contributed by atoms with E-state index in [1.54, 1.807) is 19.1 Å². The number of benzene rings is 1. The smallest absolute Gasteiger partial charge is 0.310 e. The third-order valence-electron chi connectivity index (χ3n) is 6.67. The van der Waals surface area contributed by atoms with Gasteiger partial charge in [0, 0.05) is 5.56 Å². The van der Waals surface area contributed by atoms with E-state index >= 15 is 0 Å². The Labute approximate surface area is 157 Å². The second-order valence-electron chi connectivity index (χ2n) is 8.49. The molecule has 6 heteroatoms. The van der Waals surface area contributed by atoms with Crippen molar-refractivity contribution in [3.63, 3.8) is 0 Å². The topological polar surface area (TPSA) is 65.2 Å². The van der Waals surface area contributed by atoms with Crippen molar-refractivity contribution in [2.75, 3.05) is 0 Å². The van der Waals surface area contributed by atoms with Gasteiger partial charge < -0.3 is 9.15 Å². The number of carbonyl (C=O) groups excluding carboxylic acids is 1. The van der Waals surface area contributed by atoms with Gasteiger partial charge in [-0.1, -0.05) is 0 Å². The van der Waals surface area contributed by atoms with Crippen molar-refractivity contribution >= 4 is 5.97 Å². The summed E-state index contributed by atoms with van der Waals surface area (Å²) in [7, 11) is 0. The molecule has 0 spiro atoms. The molecule has 1 atom stereocenters. The summed E-state index contributed by atoms with van der Waals surface area (Å²) in [4.78, 5) is 12.9. The maximum atomic E-state index is 13.1. The number of halogens is 1. The fourth-order valence-corrected chi connectivity index (χ4v) is 5.72. The Morgan fingerprint density at radius 1 is 1.07 bits per heavy atom. The molecule has 27 heavy (non-hydrogen) atoms. The first-order chi connectivity index (χ1) is 13.1. The minimum Gasteiger partial charge on any atom is -0.452 e. The van der Waals surface area contributed by atoms with Gasteiger partial charge in [0.25, 0.3) is 5.89 Å². The Bertz CT molecular complexity index is 819. The van der Waals surface area contributed by atoms with E-state index in [4.69, 9.17) is 9.15 Å². The molecule has 6 rings (SSSR count). The zero-order valence-corrected chi connectivity index (χ0v) is 15.3. The molecule has 0 radical (unpaired) electrons. The lowest BCUT2D eigenvalue weighted by atomic mass is 9.52. The van der Waals surface area contributed by atoms with Crippen LogP contribution in [0.15, 0.2) is 28.7 Å². The lowest BCUT2D eigenvalue weighted by molar-refractivity contribution is -0.168. The molecule has 5 nitrogen and oxygen atoms in total. The molecule has 0 saturated heterocycles. The summed E-state index contributed by atoms with van der Waals surface area (Å²) >= 11 is 0. The molecule has 0 amide bonds. The van der Waals surface area contributed by atoms with Gasteiger partial charge in [0.2, 0.25) is 5.89 Å². The lowest BCUT2D eigenvalue weighted by Gasteiger charge is -2.53. The first-order valence-electron chi connectivity index (χ1n) is 9.86. The first kappa shape index (κ1) is 16.9. The Kier molecular flexibility index (Phi) is 4.02. The largest absolute Gasteiger partial charge is 0.452 e. The molecule has 2 aromatic rings. The fraction of sp³-hybridized carbons (Fsp3) is 0.571. The molecule has 1 aromatic carbocycles. The minimum atomic E-state index is -0.587. The van der Waals surface area contributed by atoms with E-state index in [1.165, 1.54) is 44.2 Å². The van der Waals surface area contributed by atoms with Crippen LogP contribution in [0.5, 0.6) is 0 Å². The van der Waals surface area contributed by atoms with Crippen LogP contribution < -0.4 is 0 Å². The van der Waals surface area contributed by atoms with Gasteiger partial charge in [-0.25, -0.2) is 4.39 Å². The first-order valence-corrected chi connectivity index (χ1v) is 9.86. The summed E-state index contributed by atoms with van der Waals surface area (Å²) in [5.41, 5.74) is 0.634. The van der Waals surface area contributed by atoms with E-state index in [9.17, 15) is 9.18 Å². The lowest BCUT2D eigenvalue weighted by Crippen LogP contribution is -2.48. The maximum Gasteiger partial charge on any atom is 0.310 e. The summed E-state index contributed by atoms with van der Waals surface area (Å²) in [5.74, 6) is 2.77. The predicted molar refractivity (Wildman–Crippen MR) is 94.7 cm³/mol. The quantitative estimate of drug-likeness (QED) is 0.739. The summed E-state index contributed by atoms with van der Waals surface area (Å²) in [6, 6.07) is 5.85. The van der Waals surface area contributed by atoms with Crippen molar-refractivity contribution in [1.82, 2.24) is 10.2 Å². The highest BCUT2D eigenvalue weighted by atomic mass is 19.1. The zero-order valence-electron chi connectivity index (χ0n) is 15.3. The monoisotopic (exact) mass is 370 g/mol. The normalized spacial score (nSPS) is 32.4. The van der Waals surface area contributed by atoms with Crippen molar-refractivity contribution in [3.05, 3.63) is 36.0 Å². The molecule has 1 aromatic heterocycles. The summed E-state index contributed by atoms with van der Waals surface area (Å²) in [5, 5.41) is 8.02. The molecule has 0 unspecified atom stereocenters. The third kappa shape index (κ3) is 3.05. The van der Waals surface area contributed by atoms with Crippen molar-refractivity contribution in [1.29, 1.82) is 0 Å². The van der Waals surface area contributed by atoms with E-state index in [-0.39, 0.29) is 23.6 Å². The third-order valence-corrected chi connectivity index (χ3v) is 6.67. The van der Waals surface area contributed by atoms with Crippen LogP contribution in [-0.2, 0) is 9.53 Å². The van der Waals surface area contributed by atoms with Crippen LogP contribution in [0.1, 0.15) is 51.0 Å². The van der Waals surface area contributed by atoms with Crippen LogP contribution in [0.3, 0.4) is 0 Å². The summed E-state index contributed by atoms with van der Waals surface area (Å²) < 4.78 is 24.4. The average molecular weight is 370 g/mol. The summed E-state index contributed by atoms with van der Waals surface area (Å²) in [6.07, 6.45) is 5.48. The highest BCUT2D eigenvalue weighted by Gasteiger charge is 2.51. The molecule has 142 valence electrons. The number of rotatable bonds is 4. The molecule has 0 N–H and O–H groups in total. The number of hydrogen-bond acceptors (Lipinski definition) is 5. The number of aromatic nitrogens is 2. The van der Waals surface area contributed by atoms with Gasteiger partial charge in [-0.2, -0.15) is 0 Å². The van der Waals surface area contributed by atoms with Crippen molar-refractivity contribution < 1.29 is 18.3 Å². The van der Waals surface area contributed by atoms with E-state index in [0.717, 1.165) is 11.8 Å². The van der Waals surface area contributed by atoms with Crippen molar-refractivity contribution in [3.8, 4) is 11.5 Å². The average Bonchev–Trinajstić information content (AvgIpc) is 3.11. The number of esters is 1. The van der Waals surface area contributed by atoms with Crippen molar-refractivity contribution in [2.45, 2.75) is 45.1 Å². The second kappa shape index (κ2) is 6.43. The Balaban J connectivity index is 1.27. The van der Waals surface area contributed by atoms with E-state index in [2.05, 4.69) is 10.2 Å². The molecular weight excluding hydrogens is 347 g/mol. The molecule has 4 saturated carbocycles. The predicted octanol–water partition coefficient (Wildman–Crippen LogP) is 4.55. The highest BCUT2D eigenvalue weighted by molar-refractivity contribution is 5.74. The molecule has 4 aliphatic carbocycles. The number of ether oxygens (including phenoxy) is 1. The molecule has 1 heterocycles. The maximum absolute atomic E-state index is 13.1. The van der Waals surface area contributed by atoms with Gasteiger partial charge in [-0.15, -0.1) is 10.2 Å². The standard InChI is InChI=1S/C21H23FN2O3/c1-11(19-23-24-20(27-19)14-2-4-17(22)5-3-14)26-21(25)18-15-7-12-6-13(9-15)10-16(18)8-12/h2-5,11-13,15-16,18H,6-10H2,1H3/t11-,12?,13?,15?,16?,18?/m0/s1. The highest BCUT2D eigenvalue weighted by Crippen LogP contribution is 2.56. The second-order valence-corrected chi connectivity index (χ2v) is 8.49. The number of carbonyl (C=O) groups is 1. The van der Waals surface area contributed by atoms with Crippen LogP contribution in [0.4, 0.5) is 4.39 Å². The van der Waals surface area contributed by atoms with Gasteiger partial charge in [0.15, 0.2) is 6.10 Å². The van der Waals surface area contributed by atoms with Crippen molar-refractivity contribution in [2.24, 2.45) is 29.6 Å². The SMILES string of the molecule is C[C@H](OC(=O)C1C2CC3CC(C2)CC1C3)c1nnc(-c2ccc(F)cc2)o1. The molecule has 4 aliphatic rings. The van der Waals surface area contributed by atoms with Gasteiger partial charge in [-0.3, -0.25) is 4.79 Å². The van der Waals surface area contributed by atoms with Gasteiger partial charge in [0.05, 0.1) is 5.92 Å². The molecule has 4 bridgehead atoms. The Hall–Kier alpha value is -2.24. The summed E-state index contributed by atoms with van der Waals surface area (Å²) in [6.45, 7) is 1.76. The Morgan fingerprint density at radius 2 is 1.70 bits per heavy atom. The number of hydrogen-bond donors (Lipinski definition) is 0. The van der Waals surface area contributed by atoms with Gasteiger partial charge in [-0.05, 0) is 87.0 Å². The van der Waals surface area contributed by atoms with Crippen LogP contribution >= 0.6 is 0 Å². The van der Waals surface area contributed by atoms with Gasteiger partial charge in [0.1, 0.15) is 5.82 Å². The molecule has 0 aliphatic heterocycles. The fourth-order valence-electron chi connectivity index (χ4n) is 5.72. The Morgan fingerprint density at radius 3 is 2.33 bits per heavy atom. The van der Waals surface area contributed by atoms with Crippen LogP contribution in [0.2, 0.25) is 0 Å². The zero-order chi connectivity index (χ0) is 18.5. The van der Waals surface area contributed by atoms with Crippen LogP contribution in [0, 0.1) is 35.4 Å². The minimum absolute atomic E-state index is 0.0275. The van der Waals surface area contributed by atoms with E-state index < -0.39 is 6.10 Å². The van der Waals surface area contributed by atoms with Crippen LogP contribution in [-0.4, -0.2) is 16.2 Å². The molecule has 4 fully saturated rings. The van der Waals surface area contributed by atoms with E-state index in [0.29, 0.717) is 23.3 Å². The van der Waals surface area contributed by atoms with E-state index in [1.807, 2.05) is 0 Å². The van der Waals surface area contributed by atoms with Gasteiger partial charge >= 0.3 is 5.97 Å².